The summed E-state index contributed by atoms with van der Waals surface area (Å²) in [4.78, 5) is 39.4. The zero-order valence-electron chi connectivity index (χ0n) is 72.8. The Kier molecular flexibility index (Phi) is 22.7. The van der Waals surface area contributed by atoms with Gasteiger partial charge in [0, 0.05) is 140 Å². The summed E-state index contributed by atoms with van der Waals surface area (Å²) in [6, 6.07) is 44.5. The molecule has 4 atom stereocenters. The Labute approximate surface area is 746 Å². The molecule has 5 aliphatic heterocycles. The topological polar surface area (TPSA) is 401 Å². The third-order valence-corrected chi connectivity index (χ3v) is 23.8. The second-order valence-electron chi connectivity index (χ2n) is 32.8. The first-order chi connectivity index (χ1) is 62.9. The van der Waals surface area contributed by atoms with Crippen LogP contribution in [0.2, 0.25) is 0 Å². The number of aryl methyl sites for hydroxylation is 6. The van der Waals surface area contributed by atoms with Crippen molar-refractivity contribution in [2.45, 2.75) is 132 Å². The van der Waals surface area contributed by atoms with E-state index in [0.29, 0.717) is 130 Å². The van der Waals surface area contributed by atoms with Crippen molar-refractivity contribution < 1.29 is 32.5 Å². The molecule has 17 heterocycles. The molecule has 1 saturated heterocycles. The molecule has 29 nitrogen and oxygen atoms in total. The van der Waals surface area contributed by atoms with Crippen LogP contribution in [0.5, 0.6) is 23.0 Å². The quantitative estimate of drug-likeness (QED) is 0.125. The van der Waals surface area contributed by atoms with Crippen molar-refractivity contribution in [3.05, 3.63) is 302 Å². The molecule has 0 unspecified atom stereocenters. The van der Waals surface area contributed by atoms with Gasteiger partial charge in [0.2, 0.25) is 0 Å². The van der Waals surface area contributed by atoms with Crippen molar-refractivity contribution in [1.29, 1.82) is 15.8 Å². The van der Waals surface area contributed by atoms with E-state index in [1.54, 1.807) is 71.3 Å². The van der Waals surface area contributed by atoms with E-state index in [9.17, 15) is 15.8 Å². The summed E-state index contributed by atoms with van der Waals surface area (Å²) >= 11 is 0. The molecular formula is C99H88F2N24O5. The van der Waals surface area contributed by atoms with Crippen LogP contribution in [0.25, 0.3) is 84.2 Å². The lowest BCUT2D eigenvalue weighted by atomic mass is 9.88. The van der Waals surface area contributed by atoms with Crippen molar-refractivity contribution in [1.82, 2.24) is 83.3 Å². The van der Waals surface area contributed by atoms with Gasteiger partial charge in [-0.25, -0.2) is 48.4 Å². The van der Waals surface area contributed by atoms with Gasteiger partial charge in [0.15, 0.2) is 63.5 Å². The minimum Gasteiger partial charge on any atom is -0.482 e. The number of hydrogen-bond donors (Lipinski definition) is 4. The van der Waals surface area contributed by atoms with Crippen LogP contribution >= 0.6 is 0 Å². The molecule has 0 saturated carbocycles. The van der Waals surface area contributed by atoms with E-state index in [2.05, 4.69) is 118 Å². The minimum atomic E-state index is -0.440. The van der Waals surface area contributed by atoms with Gasteiger partial charge >= 0.3 is 0 Å². The van der Waals surface area contributed by atoms with Gasteiger partial charge in [-0.3, -0.25) is 19.3 Å². The molecule has 8 N–H and O–H groups in total. The number of pyridine rings is 7. The maximum atomic E-state index is 15.2. The smallest absolute Gasteiger partial charge is 0.166 e. The number of hydrogen-bond acceptors (Lipinski definition) is 24. The summed E-state index contributed by atoms with van der Waals surface area (Å²) in [6.07, 6.45) is 18.9. The number of imidazole rings is 2. The molecule has 16 aromatic rings. The van der Waals surface area contributed by atoms with E-state index in [4.69, 9.17) is 51.6 Å². The van der Waals surface area contributed by atoms with Crippen LogP contribution in [0.3, 0.4) is 0 Å². The van der Waals surface area contributed by atoms with Crippen LogP contribution in [-0.4, -0.2) is 96.5 Å². The number of aromatic nitrogens is 17. The van der Waals surface area contributed by atoms with Crippen LogP contribution in [0, 0.1) is 80.2 Å². The van der Waals surface area contributed by atoms with E-state index in [1.807, 2.05) is 154 Å². The maximum Gasteiger partial charge on any atom is 0.166 e. The van der Waals surface area contributed by atoms with E-state index in [-0.39, 0.29) is 48.2 Å². The molecule has 0 amide bonds. The molecule has 130 heavy (non-hydrogen) atoms. The van der Waals surface area contributed by atoms with Crippen LogP contribution in [0.15, 0.2) is 190 Å². The molecule has 0 radical (unpaired) electrons. The molecule has 648 valence electrons. The van der Waals surface area contributed by atoms with Crippen molar-refractivity contribution in [3.63, 3.8) is 0 Å². The molecule has 4 aromatic carbocycles. The number of nitrogens with zero attached hydrogens (tertiary/aromatic N) is 20. The SMILES string of the molecule is CCn1ncc2c1-c1cnc(N)c(c1)O[C@H](C)c1cc(C)ccc1-c1c(ccnc1C#N)C2.Cc1ccc2c(c1)[C@@H](C)Oc1cc(cnc1N)-c1c(C#N)ncn1Cc1ccc(C)nc1-2.Cc1ccc2c(c1)[C@@H](C)Oc1cc(cnc1N)-c1c(C#N)ncn1Cc1cncc(F)c1-2.Cc1ccc2c(c1)[C@@H](C)Oc1cc(cnc1N)-c1c(cnn1C1COC1)Cc1c(F)cnn1-2. The lowest BCUT2D eigenvalue weighted by molar-refractivity contribution is -0.0278. The normalized spacial score (nSPS) is 15.4. The Morgan fingerprint density at radius 1 is 0.431 bits per heavy atom. The number of nitriles is 3. The predicted octanol–water partition coefficient (Wildman–Crippen LogP) is 17.6. The number of nitrogen functional groups attached to an aromatic ring is 4. The van der Waals surface area contributed by atoms with Gasteiger partial charge in [-0.1, -0.05) is 95.1 Å². The fourth-order valence-electron chi connectivity index (χ4n) is 17.4. The number of halogens is 2. The fourth-order valence-corrected chi connectivity index (χ4v) is 17.4. The summed E-state index contributed by atoms with van der Waals surface area (Å²) in [5.41, 5.74) is 51.3. The largest absolute Gasteiger partial charge is 0.482 e. The fraction of sp³-hybridized carbons (Fsp3) is 0.222. The minimum absolute atomic E-state index is 0.112. The summed E-state index contributed by atoms with van der Waals surface area (Å²) < 4.78 is 70.2. The van der Waals surface area contributed by atoms with Gasteiger partial charge in [0.1, 0.15) is 54.1 Å². The van der Waals surface area contributed by atoms with E-state index >= 15 is 8.78 Å². The number of anilines is 4. The Morgan fingerprint density at radius 3 is 1.44 bits per heavy atom. The Bertz CT molecular complexity index is 7310. The van der Waals surface area contributed by atoms with Gasteiger partial charge in [0.05, 0.1) is 110 Å². The molecular weight excluding hydrogens is 1640 g/mol. The van der Waals surface area contributed by atoms with Gasteiger partial charge in [-0.05, 0) is 134 Å². The first-order valence-electron chi connectivity index (χ1n) is 42.3. The molecule has 1 fully saturated rings. The standard InChI is InChI=1S/C26H24N6O.C25H22N6O.C24H23FN6O2.C24H19FN6O/c1-4-32-25-18(14-31-32)10-17-7-8-29-22(12-27)24(17)20-6-5-15(2)9-21(20)16(3)33-23-11-19(25)13-30-26(23)28;1-14-4-7-19-20(8-14)16(3)32-22-9-18(11-28-25(22)27)24-21(10-26)29-13-31(24)12-17-6-5-15(2)30-23(17)19;1-13-3-4-20-18(5-13)14(2)33-22-7-16(8-27-24(22)26)23-15(6-21-19(25)10-29-31(20)21)9-28-30(23)17-11-32-12-17;1-13-3-4-17-18(5-13)14(2)32-21-6-15(9-29-24(21)27)23-20(7-26)30-12-31(23)11-16-8-28-10-19(25)22(16)17/h5-9,11,13-14,16H,4,10H2,1-3H3,(H2,28,30);4-9,11,13,16H,12H2,1-3H3,(H2,27,28);3-5,7-10,14,17H,6,11-12H2,1-2H3,(H2,26,27);3-6,8-10,12,14H,11H2,1-2H3,(H2,27,29)/t2*16-;2*14-/m1111/s1. The van der Waals surface area contributed by atoms with Crippen molar-refractivity contribution in [3.8, 4) is 125 Å². The Balaban J connectivity index is 0.000000117. The van der Waals surface area contributed by atoms with E-state index in [1.165, 1.54) is 12.4 Å². The van der Waals surface area contributed by atoms with Gasteiger partial charge in [-0.15, -0.1) is 0 Å². The van der Waals surface area contributed by atoms with Crippen molar-refractivity contribution in [2.24, 2.45) is 0 Å². The molecule has 5 aliphatic rings. The average molecular weight is 1730 g/mol. The van der Waals surface area contributed by atoms with E-state index in [0.717, 1.165) is 129 Å². The highest BCUT2D eigenvalue weighted by atomic mass is 19.1. The van der Waals surface area contributed by atoms with E-state index < -0.39 is 11.9 Å². The number of fused-ring (bicyclic) bond motifs is 28. The molecule has 12 aromatic heterocycles. The van der Waals surface area contributed by atoms with Gasteiger partial charge in [0.25, 0.3) is 0 Å². The summed E-state index contributed by atoms with van der Waals surface area (Å²) in [5.74, 6) is 2.24. The lowest BCUT2D eigenvalue weighted by Gasteiger charge is -2.28. The second-order valence-corrected chi connectivity index (χ2v) is 32.8. The molecule has 31 heteroatoms. The Hall–Kier alpha value is -16.3. The van der Waals surface area contributed by atoms with Crippen LogP contribution in [0.1, 0.15) is 166 Å². The lowest BCUT2D eigenvalue weighted by Crippen LogP contribution is -2.31. The second kappa shape index (κ2) is 34.9. The monoisotopic (exact) mass is 1730 g/mol. The highest BCUT2D eigenvalue weighted by Gasteiger charge is 2.33. The molecule has 21 rings (SSSR count). The van der Waals surface area contributed by atoms with Crippen LogP contribution in [0.4, 0.5) is 32.1 Å². The van der Waals surface area contributed by atoms with Crippen LogP contribution < -0.4 is 41.9 Å². The number of ether oxygens (including phenoxy) is 5. The zero-order chi connectivity index (χ0) is 90.6. The number of nitrogens with two attached hydrogens (primary N) is 4. The highest BCUT2D eigenvalue weighted by Crippen LogP contribution is 2.46. The van der Waals surface area contributed by atoms with Crippen LogP contribution in [-0.2, 0) is 37.2 Å². The molecule has 8 bridgehead atoms. The Morgan fingerprint density at radius 2 is 0.908 bits per heavy atom. The summed E-state index contributed by atoms with van der Waals surface area (Å²) in [5, 5.41) is 42.8. The van der Waals surface area contributed by atoms with Crippen molar-refractivity contribution >= 4 is 23.3 Å². The third kappa shape index (κ3) is 16.1. The maximum absolute atomic E-state index is 15.2. The molecule has 0 aliphatic carbocycles. The first kappa shape index (κ1) is 84.5. The first-order valence-corrected chi connectivity index (χ1v) is 42.3. The summed E-state index contributed by atoms with van der Waals surface area (Å²) in [7, 11) is 0. The van der Waals surface area contributed by atoms with Crippen molar-refractivity contribution in [2.75, 3.05) is 36.1 Å². The van der Waals surface area contributed by atoms with Gasteiger partial charge < -0.3 is 55.8 Å². The number of benzene rings is 4. The summed E-state index contributed by atoms with van der Waals surface area (Å²) in [6.45, 7) is 22.6. The predicted molar refractivity (Wildman–Crippen MR) is 485 cm³/mol. The molecule has 0 spiro atoms. The average Bonchev–Trinajstić information content (AvgIpc) is 1.57. The third-order valence-electron chi connectivity index (χ3n) is 23.8. The van der Waals surface area contributed by atoms with Gasteiger partial charge in [-0.2, -0.15) is 31.1 Å². The zero-order valence-corrected chi connectivity index (χ0v) is 72.8. The number of rotatable bonds is 2. The highest BCUT2D eigenvalue weighted by molar-refractivity contribution is 5.80.